The SMILES string of the molecule is COc1cc(C(=O)N2CCC(OC)CC2)c(Cl)cc1Nc1nccc(-c2cnc3c(c2)C(C)(C)CN3)n1. The first-order valence-corrected chi connectivity index (χ1v) is 12.7. The number of halogens is 1. The number of rotatable bonds is 6. The number of likely N-dealkylation sites (tertiary alicyclic amines) is 1. The number of piperidine rings is 1. The Labute approximate surface area is 221 Å². The van der Waals surface area contributed by atoms with Gasteiger partial charge in [0.05, 0.1) is 35.2 Å². The molecule has 2 N–H and O–H groups in total. The Kier molecular flexibility index (Phi) is 6.92. The zero-order valence-corrected chi connectivity index (χ0v) is 22.2. The minimum Gasteiger partial charge on any atom is -0.495 e. The summed E-state index contributed by atoms with van der Waals surface area (Å²) in [5, 5.41) is 6.88. The number of fused-ring (bicyclic) bond motifs is 1. The van der Waals surface area contributed by atoms with E-state index in [1.807, 2.05) is 12.3 Å². The van der Waals surface area contributed by atoms with Gasteiger partial charge in [-0.15, -0.1) is 0 Å². The second-order valence-corrected chi connectivity index (χ2v) is 10.4. The lowest BCUT2D eigenvalue weighted by atomic mass is 9.87. The van der Waals surface area contributed by atoms with E-state index in [9.17, 15) is 4.79 Å². The first-order valence-electron chi connectivity index (χ1n) is 12.3. The van der Waals surface area contributed by atoms with Crippen LogP contribution in [0.25, 0.3) is 11.3 Å². The first-order chi connectivity index (χ1) is 17.8. The highest BCUT2D eigenvalue weighted by Crippen LogP contribution is 2.37. The normalized spacial score (nSPS) is 16.7. The number of carbonyl (C=O) groups is 1. The fourth-order valence-electron chi connectivity index (χ4n) is 4.81. The van der Waals surface area contributed by atoms with Crippen LogP contribution in [0.2, 0.25) is 5.02 Å². The van der Waals surface area contributed by atoms with Gasteiger partial charge in [0.25, 0.3) is 5.91 Å². The van der Waals surface area contributed by atoms with Gasteiger partial charge in [-0.05, 0) is 37.1 Å². The molecule has 1 aromatic carbocycles. The Hall–Kier alpha value is -3.43. The number of methoxy groups -OCH3 is 2. The van der Waals surface area contributed by atoms with Crippen LogP contribution in [0.4, 0.5) is 17.5 Å². The van der Waals surface area contributed by atoms with Crippen molar-refractivity contribution in [3.8, 4) is 17.0 Å². The van der Waals surface area contributed by atoms with Gasteiger partial charge in [0.2, 0.25) is 5.95 Å². The molecule has 0 spiro atoms. The third kappa shape index (κ3) is 5.06. The topological polar surface area (TPSA) is 102 Å². The molecule has 0 unspecified atom stereocenters. The minimum absolute atomic E-state index is 0.00453. The molecule has 4 heterocycles. The number of hydrogen-bond acceptors (Lipinski definition) is 8. The van der Waals surface area contributed by atoms with Gasteiger partial charge in [-0.1, -0.05) is 25.4 Å². The van der Waals surface area contributed by atoms with E-state index in [1.165, 1.54) is 5.56 Å². The van der Waals surface area contributed by atoms with Gasteiger partial charge in [0, 0.05) is 55.7 Å². The lowest BCUT2D eigenvalue weighted by Gasteiger charge is -2.31. The third-order valence-electron chi connectivity index (χ3n) is 7.09. The number of aromatic nitrogens is 3. The molecule has 1 saturated heterocycles. The van der Waals surface area contributed by atoms with Crippen LogP contribution >= 0.6 is 11.6 Å². The second kappa shape index (κ2) is 10.1. The molecule has 9 nitrogen and oxygen atoms in total. The van der Waals surface area contributed by atoms with Crippen LogP contribution < -0.4 is 15.4 Å². The van der Waals surface area contributed by atoms with Crippen LogP contribution in [-0.2, 0) is 10.2 Å². The van der Waals surface area contributed by atoms with Crippen molar-refractivity contribution >= 4 is 35.0 Å². The van der Waals surface area contributed by atoms with Crippen molar-refractivity contribution in [3.63, 3.8) is 0 Å². The Morgan fingerprint density at radius 3 is 2.70 bits per heavy atom. The van der Waals surface area contributed by atoms with Gasteiger partial charge < -0.3 is 25.0 Å². The van der Waals surface area contributed by atoms with E-state index in [0.717, 1.165) is 36.5 Å². The van der Waals surface area contributed by atoms with E-state index in [0.29, 0.717) is 41.1 Å². The molecule has 3 aromatic rings. The number of hydrogen-bond donors (Lipinski definition) is 2. The molecule has 2 aromatic heterocycles. The van der Waals surface area contributed by atoms with Gasteiger partial charge in [0.1, 0.15) is 11.6 Å². The number of ether oxygens (including phenoxy) is 2. The maximum absolute atomic E-state index is 13.2. The van der Waals surface area contributed by atoms with Crippen molar-refractivity contribution in [1.82, 2.24) is 19.9 Å². The number of amides is 1. The van der Waals surface area contributed by atoms with Crippen LogP contribution in [0, 0.1) is 0 Å². The summed E-state index contributed by atoms with van der Waals surface area (Å²) in [5.41, 5.74) is 3.77. The molecule has 0 radical (unpaired) electrons. The molecule has 0 aliphatic carbocycles. The van der Waals surface area contributed by atoms with E-state index in [4.69, 9.17) is 26.1 Å². The molecule has 0 saturated carbocycles. The zero-order chi connectivity index (χ0) is 26.2. The summed E-state index contributed by atoms with van der Waals surface area (Å²) in [5.74, 6) is 1.65. The van der Waals surface area contributed by atoms with Crippen molar-refractivity contribution in [2.24, 2.45) is 0 Å². The number of anilines is 3. The Morgan fingerprint density at radius 1 is 1.19 bits per heavy atom. The molecule has 1 amide bonds. The summed E-state index contributed by atoms with van der Waals surface area (Å²) in [6.45, 7) is 6.48. The summed E-state index contributed by atoms with van der Waals surface area (Å²) in [4.78, 5) is 28.6. The van der Waals surface area contributed by atoms with Gasteiger partial charge in [-0.2, -0.15) is 0 Å². The fourth-order valence-corrected chi connectivity index (χ4v) is 5.05. The lowest BCUT2D eigenvalue weighted by Crippen LogP contribution is -2.40. The van der Waals surface area contributed by atoms with Crippen molar-refractivity contribution < 1.29 is 14.3 Å². The van der Waals surface area contributed by atoms with Crippen LogP contribution in [-0.4, -0.2) is 65.7 Å². The van der Waals surface area contributed by atoms with Crippen LogP contribution in [0.15, 0.2) is 36.7 Å². The number of pyridine rings is 1. The van der Waals surface area contributed by atoms with E-state index in [-0.39, 0.29) is 17.4 Å². The van der Waals surface area contributed by atoms with Gasteiger partial charge in [-0.25, -0.2) is 15.0 Å². The Bertz CT molecular complexity index is 1320. The molecule has 0 bridgehead atoms. The monoisotopic (exact) mass is 522 g/mol. The maximum Gasteiger partial charge on any atom is 0.255 e. The zero-order valence-electron chi connectivity index (χ0n) is 21.5. The molecule has 10 heteroatoms. The van der Waals surface area contributed by atoms with Crippen LogP contribution in [0.3, 0.4) is 0 Å². The lowest BCUT2D eigenvalue weighted by molar-refractivity contribution is 0.0350. The highest BCUT2D eigenvalue weighted by molar-refractivity contribution is 6.34. The molecule has 0 atom stereocenters. The van der Waals surface area contributed by atoms with Crippen molar-refractivity contribution in [2.75, 3.05) is 44.5 Å². The van der Waals surface area contributed by atoms with E-state index < -0.39 is 0 Å². The van der Waals surface area contributed by atoms with Crippen molar-refractivity contribution in [3.05, 3.63) is 52.8 Å². The van der Waals surface area contributed by atoms with Gasteiger partial charge >= 0.3 is 0 Å². The van der Waals surface area contributed by atoms with E-state index in [1.54, 1.807) is 37.4 Å². The Balaban J connectivity index is 1.38. The molecule has 2 aliphatic rings. The molecule has 2 aliphatic heterocycles. The second-order valence-electron chi connectivity index (χ2n) is 10.0. The molecule has 194 valence electrons. The van der Waals surface area contributed by atoms with Gasteiger partial charge in [0.15, 0.2) is 0 Å². The molecule has 5 rings (SSSR count). The molecule has 37 heavy (non-hydrogen) atoms. The first kappa shape index (κ1) is 25.2. The standard InChI is InChI=1S/C27H31ClN6O3/c1-27(2)15-31-24-19(27)11-16(14-30-24)21-5-8-29-26(32-21)33-22-13-20(28)18(12-23(22)37-4)25(35)34-9-6-17(36-3)7-10-34/h5,8,11-14,17H,6-7,9-10,15H2,1-4H3,(H,30,31)(H,29,32,33). The number of benzene rings is 1. The van der Waals surface area contributed by atoms with E-state index >= 15 is 0 Å². The quantitative estimate of drug-likeness (QED) is 0.471. The molecule has 1 fully saturated rings. The number of nitrogens with zero attached hydrogens (tertiary/aromatic N) is 4. The average molecular weight is 523 g/mol. The smallest absolute Gasteiger partial charge is 0.255 e. The average Bonchev–Trinajstić information content (AvgIpc) is 3.22. The summed E-state index contributed by atoms with van der Waals surface area (Å²) in [7, 11) is 3.26. The largest absolute Gasteiger partial charge is 0.495 e. The summed E-state index contributed by atoms with van der Waals surface area (Å²) >= 11 is 6.58. The number of nitrogens with one attached hydrogen (secondary N) is 2. The Morgan fingerprint density at radius 2 is 1.97 bits per heavy atom. The molecular formula is C27H31ClN6O3. The fraction of sp³-hybridized carbons (Fsp3) is 0.407. The van der Waals surface area contributed by atoms with Crippen LogP contribution in [0.5, 0.6) is 5.75 Å². The van der Waals surface area contributed by atoms with Crippen LogP contribution in [0.1, 0.15) is 42.6 Å². The third-order valence-corrected chi connectivity index (χ3v) is 7.41. The summed E-state index contributed by atoms with van der Waals surface area (Å²) in [6, 6.07) is 7.32. The highest BCUT2D eigenvalue weighted by atomic mass is 35.5. The predicted molar refractivity (Wildman–Crippen MR) is 144 cm³/mol. The predicted octanol–water partition coefficient (Wildman–Crippen LogP) is 4.90. The van der Waals surface area contributed by atoms with Crippen molar-refractivity contribution in [1.29, 1.82) is 0 Å². The van der Waals surface area contributed by atoms with Crippen molar-refractivity contribution in [2.45, 2.75) is 38.2 Å². The van der Waals surface area contributed by atoms with E-state index in [2.05, 4.69) is 40.5 Å². The highest BCUT2D eigenvalue weighted by Gasteiger charge is 2.31. The maximum atomic E-state index is 13.2. The van der Waals surface area contributed by atoms with Gasteiger partial charge in [-0.3, -0.25) is 4.79 Å². The molecular weight excluding hydrogens is 492 g/mol. The minimum atomic E-state index is -0.121. The number of carbonyl (C=O) groups excluding carboxylic acids is 1. The summed E-state index contributed by atoms with van der Waals surface area (Å²) in [6.07, 6.45) is 5.30. The summed E-state index contributed by atoms with van der Waals surface area (Å²) < 4.78 is 11.0.